The maximum absolute atomic E-state index is 13.8. The van der Waals surface area contributed by atoms with E-state index in [4.69, 9.17) is 5.11 Å². The standard InChI is InChI=1S/C14H17FN2O.C7H13NO2.CH4S/c15-13-7-10(9-1-2-9)3-4-11(13)8-16-14(18)17-12-5-6-12;9-6-7(10)8-4-2-1-3-5-8;1-2/h3-4,7,9,12H,1-2,5-6,8H2,(H2,16,17,18);9H,1-6H2;2H,1H3. The molecule has 3 amide bonds. The van der Waals surface area contributed by atoms with Crippen molar-refractivity contribution in [2.75, 3.05) is 26.0 Å². The zero-order valence-corrected chi connectivity index (χ0v) is 18.6. The summed E-state index contributed by atoms with van der Waals surface area (Å²) in [6, 6.07) is 5.47. The highest BCUT2D eigenvalue weighted by Crippen LogP contribution is 2.40. The summed E-state index contributed by atoms with van der Waals surface area (Å²) in [6.45, 7) is 1.58. The first-order valence-corrected chi connectivity index (χ1v) is 11.6. The first-order valence-electron chi connectivity index (χ1n) is 10.7. The van der Waals surface area contributed by atoms with E-state index in [1.54, 1.807) is 23.3 Å². The van der Waals surface area contributed by atoms with E-state index in [-0.39, 0.29) is 30.9 Å². The minimum absolute atomic E-state index is 0.125. The van der Waals surface area contributed by atoms with Crippen LogP contribution in [0.15, 0.2) is 18.2 Å². The highest BCUT2D eigenvalue weighted by atomic mass is 32.1. The Morgan fingerprint density at radius 2 is 1.80 bits per heavy atom. The summed E-state index contributed by atoms with van der Waals surface area (Å²) >= 11 is 3.53. The van der Waals surface area contributed by atoms with Crippen LogP contribution < -0.4 is 10.6 Å². The average Bonchev–Trinajstić information content (AvgIpc) is 3.70. The van der Waals surface area contributed by atoms with Crippen molar-refractivity contribution in [3.8, 4) is 0 Å². The molecule has 30 heavy (non-hydrogen) atoms. The number of halogens is 1. The molecule has 0 bridgehead atoms. The van der Waals surface area contributed by atoms with Gasteiger partial charge in [0.1, 0.15) is 12.4 Å². The minimum Gasteiger partial charge on any atom is -0.387 e. The van der Waals surface area contributed by atoms with E-state index in [2.05, 4.69) is 23.3 Å². The lowest BCUT2D eigenvalue weighted by atomic mass is 10.1. The summed E-state index contributed by atoms with van der Waals surface area (Å²) in [5, 5.41) is 14.0. The molecule has 1 aromatic carbocycles. The molecule has 0 radical (unpaired) electrons. The number of benzene rings is 1. The highest BCUT2D eigenvalue weighted by Gasteiger charge is 2.25. The van der Waals surface area contributed by atoms with Crippen LogP contribution in [-0.4, -0.2) is 53.9 Å². The summed E-state index contributed by atoms with van der Waals surface area (Å²) < 4.78 is 13.8. The number of carbonyl (C=O) groups excluding carboxylic acids is 2. The van der Waals surface area contributed by atoms with Gasteiger partial charge < -0.3 is 20.6 Å². The Labute approximate surface area is 184 Å². The van der Waals surface area contributed by atoms with Gasteiger partial charge in [-0.25, -0.2) is 9.18 Å². The lowest BCUT2D eigenvalue weighted by Gasteiger charge is -2.25. The van der Waals surface area contributed by atoms with Gasteiger partial charge in [-0.2, -0.15) is 12.6 Å². The maximum Gasteiger partial charge on any atom is 0.315 e. The molecule has 2 aliphatic carbocycles. The van der Waals surface area contributed by atoms with E-state index < -0.39 is 0 Å². The summed E-state index contributed by atoms with van der Waals surface area (Å²) in [5.41, 5.74) is 1.63. The van der Waals surface area contributed by atoms with Gasteiger partial charge in [0.15, 0.2) is 0 Å². The van der Waals surface area contributed by atoms with Crippen LogP contribution in [0.25, 0.3) is 0 Å². The first kappa shape index (κ1) is 24.5. The second kappa shape index (κ2) is 12.8. The van der Waals surface area contributed by atoms with Crippen LogP contribution in [0.4, 0.5) is 9.18 Å². The van der Waals surface area contributed by atoms with Crippen LogP contribution in [0.5, 0.6) is 0 Å². The number of likely N-dealkylation sites (tertiary alicyclic amines) is 1. The number of piperidine rings is 1. The molecule has 6 nitrogen and oxygen atoms in total. The number of hydrogen-bond donors (Lipinski definition) is 4. The normalized spacial score (nSPS) is 17.7. The zero-order chi connectivity index (χ0) is 21.9. The molecule has 4 rings (SSSR count). The summed E-state index contributed by atoms with van der Waals surface area (Å²) in [5.74, 6) is 0.213. The van der Waals surface area contributed by atoms with Gasteiger partial charge in [0.25, 0.3) is 0 Å². The van der Waals surface area contributed by atoms with Crippen LogP contribution in [0.1, 0.15) is 62.0 Å². The summed E-state index contributed by atoms with van der Waals surface area (Å²) in [7, 11) is 0. The Morgan fingerprint density at radius 3 is 2.33 bits per heavy atom. The number of urea groups is 1. The molecule has 2 saturated carbocycles. The van der Waals surface area contributed by atoms with Crippen LogP contribution in [0.3, 0.4) is 0 Å². The van der Waals surface area contributed by atoms with Gasteiger partial charge in [0, 0.05) is 31.2 Å². The predicted octanol–water partition coefficient (Wildman–Crippen LogP) is 3.20. The van der Waals surface area contributed by atoms with Crippen molar-refractivity contribution < 1.29 is 19.1 Å². The largest absolute Gasteiger partial charge is 0.387 e. The average molecular weight is 440 g/mol. The van der Waals surface area contributed by atoms with Gasteiger partial charge in [-0.15, -0.1) is 0 Å². The lowest BCUT2D eigenvalue weighted by molar-refractivity contribution is -0.135. The van der Waals surface area contributed by atoms with E-state index in [1.165, 1.54) is 19.3 Å². The molecule has 8 heteroatoms. The molecule has 0 atom stereocenters. The smallest absolute Gasteiger partial charge is 0.315 e. The molecule has 3 N–H and O–H groups in total. The third-order valence-electron chi connectivity index (χ3n) is 5.32. The molecule has 1 heterocycles. The number of nitrogens with one attached hydrogen (secondary N) is 2. The second-order valence-corrected chi connectivity index (χ2v) is 7.83. The van der Waals surface area contributed by atoms with Gasteiger partial charge in [0.05, 0.1) is 0 Å². The maximum atomic E-state index is 13.8. The Hall–Kier alpha value is -1.80. The van der Waals surface area contributed by atoms with Crippen molar-refractivity contribution in [2.24, 2.45) is 0 Å². The number of amides is 3. The van der Waals surface area contributed by atoms with E-state index in [0.717, 1.165) is 44.3 Å². The molecule has 1 saturated heterocycles. The van der Waals surface area contributed by atoms with Crippen molar-refractivity contribution in [1.29, 1.82) is 0 Å². The Morgan fingerprint density at radius 1 is 1.13 bits per heavy atom. The molecule has 1 aliphatic heterocycles. The fraction of sp³-hybridized carbons (Fsp3) is 0.636. The molecular formula is C22H34FN3O3S. The molecule has 3 aliphatic rings. The van der Waals surface area contributed by atoms with E-state index in [9.17, 15) is 14.0 Å². The number of nitrogens with zero attached hydrogens (tertiary/aromatic N) is 1. The van der Waals surface area contributed by atoms with Crippen molar-refractivity contribution in [3.63, 3.8) is 0 Å². The van der Waals surface area contributed by atoms with Crippen LogP contribution in [-0.2, 0) is 11.3 Å². The van der Waals surface area contributed by atoms with Gasteiger partial charge in [-0.1, -0.05) is 12.1 Å². The second-order valence-electron chi connectivity index (χ2n) is 7.83. The van der Waals surface area contributed by atoms with Gasteiger partial charge in [-0.05, 0) is 68.7 Å². The van der Waals surface area contributed by atoms with Crippen molar-refractivity contribution >= 4 is 24.6 Å². The number of aliphatic hydroxyl groups is 1. The third kappa shape index (κ3) is 8.52. The molecule has 0 aromatic heterocycles. The number of hydrogen-bond acceptors (Lipinski definition) is 4. The number of carbonyl (C=O) groups is 2. The molecule has 0 unspecified atom stereocenters. The van der Waals surface area contributed by atoms with Crippen LogP contribution in [0, 0.1) is 5.82 Å². The third-order valence-corrected chi connectivity index (χ3v) is 5.32. The SMILES string of the molecule is CS.O=C(CO)N1CCCCC1.O=C(NCc1ccc(C2CC2)cc1F)NC1CC1. The minimum atomic E-state index is -0.333. The van der Waals surface area contributed by atoms with Crippen molar-refractivity contribution in [1.82, 2.24) is 15.5 Å². The highest BCUT2D eigenvalue weighted by molar-refractivity contribution is 7.79. The Kier molecular flexibility index (Phi) is 10.4. The Balaban J connectivity index is 0.000000228. The van der Waals surface area contributed by atoms with E-state index in [1.807, 2.05) is 6.07 Å². The quantitative estimate of drug-likeness (QED) is 0.532. The zero-order valence-electron chi connectivity index (χ0n) is 17.7. The predicted molar refractivity (Wildman–Crippen MR) is 119 cm³/mol. The topological polar surface area (TPSA) is 81.7 Å². The molecule has 3 fully saturated rings. The molecular weight excluding hydrogens is 405 g/mol. The fourth-order valence-electron chi connectivity index (χ4n) is 3.26. The number of aliphatic hydroxyl groups excluding tert-OH is 1. The Bertz CT molecular complexity index is 690. The first-order chi connectivity index (χ1) is 14.6. The van der Waals surface area contributed by atoms with E-state index >= 15 is 0 Å². The van der Waals surface area contributed by atoms with Crippen molar-refractivity contribution in [2.45, 2.75) is 63.5 Å². The molecule has 0 spiro atoms. The molecule has 1 aromatic rings. The fourth-order valence-corrected chi connectivity index (χ4v) is 3.26. The van der Waals surface area contributed by atoms with E-state index in [0.29, 0.717) is 17.5 Å². The number of thiol groups is 1. The molecule has 168 valence electrons. The van der Waals surface area contributed by atoms with Gasteiger partial charge >= 0.3 is 6.03 Å². The van der Waals surface area contributed by atoms with Crippen LogP contribution in [0.2, 0.25) is 0 Å². The van der Waals surface area contributed by atoms with Gasteiger partial charge in [-0.3, -0.25) is 4.79 Å². The van der Waals surface area contributed by atoms with Gasteiger partial charge in [0.2, 0.25) is 5.91 Å². The monoisotopic (exact) mass is 439 g/mol. The summed E-state index contributed by atoms with van der Waals surface area (Å²) in [4.78, 5) is 24.0. The lowest BCUT2D eigenvalue weighted by Crippen LogP contribution is -2.37. The van der Waals surface area contributed by atoms with Crippen molar-refractivity contribution in [3.05, 3.63) is 35.1 Å². The van der Waals surface area contributed by atoms with Crippen LogP contribution >= 0.6 is 12.6 Å². The number of rotatable bonds is 5. The summed E-state index contributed by atoms with van der Waals surface area (Å²) in [6.07, 6.45) is 9.53.